The van der Waals surface area contributed by atoms with Crippen LogP contribution in [0.15, 0.2) is 47.1 Å². The van der Waals surface area contributed by atoms with E-state index < -0.39 is 0 Å². The molecule has 4 heteroatoms. The molecule has 0 radical (unpaired) electrons. The van der Waals surface area contributed by atoms with E-state index in [9.17, 15) is 4.79 Å². The lowest BCUT2D eigenvalue weighted by Crippen LogP contribution is -2.28. The quantitative estimate of drug-likeness (QED) is 0.934. The highest BCUT2D eigenvalue weighted by Gasteiger charge is 2.21. The zero-order valence-electron chi connectivity index (χ0n) is 10.5. The first-order chi connectivity index (χ1) is 9.34. The van der Waals surface area contributed by atoms with Crippen molar-refractivity contribution in [1.29, 1.82) is 0 Å². The van der Waals surface area contributed by atoms with Crippen LogP contribution in [-0.4, -0.2) is 18.2 Å². The number of benzene rings is 1. The molecule has 19 heavy (non-hydrogen) atoms. The number of amides is 1. The van der Waals surface area contributed by atoms with Crippen LogP contribution in [0.1, 0.15) is 26.9 Å². The van der Waals surface area contributed by atoms with Gasteiger partial charge < -0.3 is 9.73 Å². The van der Waals surface area contributed by atoms with Gasteiger partial charge in [-0.2, -0.15) is 11.8 Å². The third-order valence-electron chi connectivity index (χ3n) is 3.29. The van der Waals surface area contributed by atoms with Crippen molar-refractivity contribution < 1.29 is 9.21 Å². The van der Waals surface area contributed by atoms with Crippen molar-refractivity contribution in [3.63, 3.8) is 0 Å². The first-order valence-electron chi connectivity index (χ1n) is 6.36. The maximum Gasteiger partial charge on any atom is 0.287 e. The van der Waals surface area contributed by atoms with E-state index in [0.717, 1.165) is 12.2 Å². The standard InChI is InChI=1S/C15H15NO2S/c17-15(13-6-3-8-18-13)16-10-14-12-5-2-1-4-11(12)7-9-19-14/h1-6,8,14H,7,9-10H2,(H,16,17). The van der Waals surface area contributed by atoms with Gasteiger partial charge in [0.2, 0.25) is 0 Å². The molecule has 1 aliphatic heterocycles. The first-order valence-corrected chi connectivity index (χ1v) is 7.40. The van der Waals surface area contributed by atoms with Crippen LogP contribution in [0.4, 0.5) is 0 Å². The van der Waals surface area contributed by atoms with Crippen LogP contribution in [-0.2, 0) is 6.42 Å². The number of hydrogen-bond donors (Lipinski definition) is 1. The van der Waals surface area contributed by atoms with Gasteiger partial charge in [0.15, 0.2) is 5.76 Å². The van der Waals surface area contributed by atoms with E-state index in [1.165, 1.54) is 17.4 Å². The molecule has 2 aromatic rings. The normalized spacial score (nSPS) is 17.8. The van der Waals surface area contributed by atoms with E-state index in [2.05, 4.69) is 29.6 Å². The van der Waals surface area contributed by atoms with E-state index in [-0.39, 0.29) is 5.91 Å². The number of nitrogens with one attached hydrogen (secondary N) is 1. The van der Waals surface area contributed by atoms with Gasteiger partial charge in [0.05, 0.1) is 6.26 Å². The molecule has 1 aliphatic rings. The highest BCUT2D eigenvalue weighted by Crippen LogP contribution is 2.35. The highest BCUT2D eigenvalue weighted by atomic mass is 32.2. The molecule has 0 spiro atoms. The second kappa shape index (κ2) is 5.53. The Morgan fingerprint density at radius 2 is 2.21 bits per heavy atom. The summed E-state index contributed by atoms with van der Waals surface area (Å²) < 4.78 is 5.09. The topological polar surface area (TPSA) is 42.2 Å². The summed E-state index contributed by atoms with van der Waals surface area (Å²) >= 11 is 1.90. The summed E-state index contributed by atoms with van der Waals surface area (Å²) in [5, 5.41) is 3.28. The third kappa shape index (κ3) is 2.68. The van der Waals surface area contributed by atoms with Crippen LogP contribution < -0.4 is 5.32 Å². The maximum absolute atomic E-state index is 11.8. The molecule has 1 amide bonds. The summed E-state index contributed by atoms with van der Waals surface area (Å²) in [6, 6.07) is 11.9. The Hall–Kier alpha value is -1.68. The molecule has 1 atom stereocenters. The molecule has 0 fully saturated rings. The van der Waals surface area contributed by atoms with E-state index in [1.54, 1.807) is 12.1 Å². The van der Waals surface area contributed by atoms with Crippen molar-refractivity contribution in [3.05, 3.63) is 59.5 Å². The van der Waals surface area contributed by atoms with Crippen LogP contribution in [0, 0.1) is 0 Å². The second-order valence-electron chi connectivity index (χ2n) is 4.50. The molecule has 2 heterocycles. The second-order valence-corrected chi connectivity index (χ2v) is 5.81. The van der Waals surface area contributed by atoms with Gasteiger partial charge in [-0.1, -0.05) is 24.3 Å². The first kappa shape index (κ1) is 12.4. The summed E-state index contributed by atoms with van der Waals surface area (Å²) in [5.41, 5.74) is 2.75. The van der Waals surface area contributed by atoms with E-state index in [4.69, 9.17) is 4.42 Å². The van der Waals surface area contributed by atoms with Gasteiger partial charge >= 0.3 is 0 Å². The predicted octanol–water partition coefficient (Wildman–Crippen LogP) is 3.04. The Morgan fingerprint density at radius 3 is 3.05 bits per heavy atom. The highest BCUT2D eigenvalue weighted by molar-refractivity contribution is 7.99. The Balaban J connectivity index is 1.67. The molecule has 0 saturated carbocycles. The van der Waals surface area contributed by atoms with Crippen molar-refractivity contribution in [3.8, 4) is 0 Å². The predicted molar refractivity (Wildman–Crippen MR) is 76.4 cm³/mol. The number of carbonyl (C=O) groups excluding carboxylic acids is 1. The number of rotatable bonds is 3. The number of thioether (sulfide) groups is 1. The maximum atomic E-state index is 11.8. The van der Waals surface area contributed by atoms with Crippen molar-refractivity contribution in [2.45, 2.75) is 11.7 Å². The molecular weight excluding hydrogens is 258 g/mol. The summed E-state index contributed by atoms with van der Waals surface area (Å²) in [6.07, 6.45) is 2.63. The van der Waals surface area contributed by atoms with Crippen molar-refractivity contribution in [2.24, 2.45) is 0 Å². The number of hydrogen-bond acceptors (Lipinski definition) is 3. The molecule has 1 aromatic heterocycles. The lowest BCUT2D eigenvalue weighted by atomic mass is 10.0. The van der Waals surface area contributed by atoms with Gasteiger partial charge in [-0.25, -0.2) is 0 Å². The molecule has 1 N–H and O–H groups in total. The van der Waals surface area contributed by atoms with Gasteiger partial charge in [-0.3, -0.25) is 4.79 Å². The van der Waals surface area contributed by atoms with Crippen molar-refractivity contribution in [1.82, 2.24) is 5.32 Å². The van der Waals surface area contributed by atoms with E-state index >= 15 is 0 Å². The molecule has 98 valence electrons. The minimum Gasteiger partial charge on any atom is -0.459 e. The lowest BCUT2D eigenvalue weighted by Gasteiger charge is -2.25. The zero-order chi connectivity index (χ0) is 13.1. The third-order valence-corrected chi connectivity index (χ3v) is 4.55. The van der Waals surface area contributed by atoms with Gasteiger partial charge in [0, 0.05) is 11.8 Å². The largest absolute Gasteiger partial charge is 0.459 e. The van der Waals surface area contributed by atoms with Gasteiger partial charge in [-0.05, 0) is 35.4 Å². The number of furan rings is 1. The van der Waals surface area contributed by atoms with Crippen LogP contribution >= 0.6 is 11.8 Å². The van der Waals surface area contributed by atoms with Crippen LogP contribution in [0.25, 0.3) is 0 Å². The Labute approximate surface area is 116 Å². The lowest BCUT2D eigenvalue weighted by molar-refractivity contribution is 0.0926. The Bertz CT molecular complexity index is 565. The molecule has 3 rings (SSSR count). The number of aryl methyl sites for hydroxylation is 1. The summed E-state index contributed by atoms with van der Waals surface area (Å²) in [4.78, 5) is 11.8. The van der Waals surface area contributed by atoms with Gasteiger partial charge in [0.25, 0.3) is 5.91 Å². The minimum absolute atomic E-state index is 0.145. The van der Waals surface area contributed by atoms with Crippen molar-refractivity contribution >= 4 is 17.7 Å². The van der Waals surface area contributed by atoms with E-state index in [0.29, 0.717) is 17.6 Å². The van der Waals surface area contributed by atoms with Gasteiger partial charge in [-0.15, -0.1) is 0 Å². The Kier molecular flexibility index (Phi) is 3.60. The fraction of sp³-hybridized carbons (Fsp3) is 0.267. The monoisotopic (exact) mass is 273 g/mol. The molecule has 0 aliphatic carbocycles. The van der Waals surface area contributed by atoms with Crippen LogP contribution in [0.2, 0.25) is 0 Å². The SMILES string of the molecule is O=C(NCC1SCCc2ccccc21)c1ccco1. The molecular formula is C15H15NO2S. The molecule has 1 unspecified atom stereocenters. The average molecular weight is 273 g/mol. The summed E-state index contributed by atoms with van der Waals surface area (Å²) in [6.45, 7) is 0.640. The van der Waals surface area contributed by atoms with Crippen LogP contribution in [0.3, 0.4) is 0 Å². The smallest absolute Gasteiger partial charge is 0.287 e. The average Bonchev–Trinajstić information content (AvgIpc) is 2.99. The summed E-state index contributed by atoms with van der Waals surface area (Å²) in [7, 11) is 0. The fourth-order valence-corrected chi connectivity index (χ4v) is 3.56. The van der Waals surface area contributed by atoms with Crippen LogP contribution in [0.5, 0.6) is 0 Å². The summed E-state index contributed by atoms with van der Waals surface area (Å²) in [5.74, 6) is 1.33. The minimum atomic E-state index is -0.145. The fourth-order valence-electron chi connectivity index (χ4n) is 2.33. The molecule has 0 bridgehead atoms. The van der Waals surface area contributed by atoms with Crippen molar-refractivity contribution in [2.75, 3.05) is 12.3 Å². The zero-order valence-corrected chi connectivity index (χ0v) is 11.3. The number of fused-ring (bicyclic) bond motifs is 1. The van der Waals surface area contributed by atoms with E-state index in [1.807, 2.05) is 11.8 Å². The molecule has 1 aromatic carbocycles. The molecule has 3 nitrogen and oxygen atoms in total. The number of carbonyl (C=O) groups is 1. The molecule has 0 saturated heterocycles. The Morgan fingerprint density at radius 1 is 1.32 bits per heavy atom. The van der Waals surface area contributed by atoms with Gasteiger partial charge in [0.1, 0.15) is 0 Å².